The van der Waals surface area contributed by atoms with Crippen molar-refractivity contribution in [1.82, 2.24) is 4.90 Å². The third-order valence-corrected chi connectivity index (χ3v) is 4.21. The molecule has 0 fully saturated rings. The quantitative estimate of drug-likeness (QED) is 0.826. The van der Waals surface area contributed by atoms with Gasteiger partial charge in [-0.25, -0.2) is 0 Å². The van der Waals surface area contributed by atoms with Gasteiger partial charge in [0.05, 0.1) is 17.7 Å². The molecule has 0 aliphatic carbocycles. The van der Waals surface area contributed by atoms with Gasteiger partial charge in [-0.2, -0.15) is 0 Å². The number of hydrogen-bond donors (Lipinski definition) is 1. The topological polar surface area (TPSA) is 57.6 Å². The van der Waals surface area contributed by atoms with Crippen molar-refractivity contribution in [2.75, 3.05) is 13.2 Å². The molecule has 0 saturated heterocycles. The van der Waals surface area contributed by atoms with Crippen molar-refractivity contribution in [1.29, 1.82) is 0 Å². The summed E-state index contributed by atoms with van der Waals surface area (Å²) in [4.78, 5) is 25.8. The number of imide groups is 1. The van der Waals surface area contributed by atoms with Crippen LogP contribution in [-0.4, -0.2) is 35.0 Å². The van der Waals surface area contributed by atoms with Crippen molar-refractivity contribution in [2.45, 2.75) is 26.7 Å². The highest BCUT2D eigenvalue weighted by Gasteiger charge is 2.40. The van der Waals surface area contributed by atoms with Crippen LogP contribution in [0.1, 0.15) is 47.4 Å². The van der Waals surface area contributed by atoms with Crippen molar-refractivity contribution < 1.29 is 14.7 Å². The van der Waals surface area contributed by atoms with Gasteiger partial charge < -0.3 is 5.11 Å². The molecule has 4 heteroatoms. The van der Waals surface area contributed by atoms with Gasteiger partial charge in [0.2, 0.25) is 0 Å². The molecule has 102 valence electrons. The molecule has 0 bridgehead atoms. The zero-order valence-corrected chi connectivity index (χ0v) is 11.3. The SMILES string of the molecule is CCC(CC)(CO)CN1C(=O)c2ccccc2C1=O. The molecule has 1 N–H and O–H groups in total. The minimum absolute atomic E-state index is 0.0204. The van der Waals surface area contributed by atoms with Gasteiger partial charge in [-0.3, -0.25) is 14.5 Å². The minimum Gasteiger partial charge on any atom is -0.396 e. The maximum absolute atomic E-state index is 12.3. The number of nitrogens with zero attached hydrogens (tertiary/aromatic N) is 1. The zero-order valence-electron chi connectivity index (χ0n) is 11.3. The summed E-state index contributed by atoms with van der Waals surface area (Å²) in [5.74, 6) is -0.499. The van der Waals surface area contributed by atoms with Crippen LogP contribution in [0.2, 0.25) is 0 Å². The van der Waals surface area contributed by atoms with Crippen molar-refractivity contribution in [3.63, 3.8) is 0 Å². The Bertz CT molecular complexity index is 463. The lowest BCUT2D eigenvalue weighted by atomic mass is 9.82. The van der Waals surface area contributed by atoms with E-state index >= 15 is 0 Å². The van der Waals surface area contributed by atoms with Crippen molar-refractivity contribution in [3.8, 4) is 0 Å². The maximum atomic E-state index is 12.3. The number of amides is 2. The van der Waals surface area contributed by atoms with Crippen LogP contribution in [0, 0.1) is 5.41 Å². The first-order valence-electron chi connectivity index (χ1n) is 6.64. The Morgan fingerprint density at radius 3 is 1.89 bits per heavy atom. The van der Waals surface area contributed by atoms with Crippen LogP contribution >= 0.6 is 0 Å². The molecule has 0 unspecified atom stereocenters. The van der Waals surface area contributed by atoms with Crippen LogP contribution < -0.4 is 0 Å². The summed E-state index contributed by atoms with van der Waals surface area (Å²) < 4.78 is 0. The second-order valence-corrected chi connectivity index (χ2v) is 5.11. The fourth-order valence-corrected chi connectivity index (χ4v) is 2.47. The lowest BCUT2D eigenvalue weighted by Crippen LogP contribution is -2.42. The summed E-state index contributed by atoms with van der Waals surface area (Å²) in [6, 6.07) is 6.86. The fraction of sp³-hybridized carbons (Fsp3) is 0.467. The Labute approximate surface area is 113 Å². The van der Waals surface area contributed by atoms with Gasteiger partial charge in [0.25, 0.3) is 11.8 Å². The number of hydrogen-bond acceptors (Lipinski definition) is 3. The van der Waals surface area contributed by atoms with Gasteiger partial charge >= 0.3 is 0 Å². The Balaban J connectivity index is 2.30. The number of carbonyl (C=O) groups excluding carboxylic acids is 2. The molecular weight excluding hydrogens is 242 g/mol. The Hall–Kier alpha value is -1.68. The number of rotatable bonds is 5. The van der Waals surface area contributed by atoms with Gasteiger partial charge in [0, 0.05) is 12.0 Å². The molecule has 0 saturated carbocycles. The third-order valence-electron chi connectivity index (χ3n) is 4.21. The molecular formula is C15H19NO3. The van der Waals surface area contributed by atoms with Gasteiger partial charge in [-0.05, 0) is 25.0 Å². The summed E-state index contributed by atoms with van der Waals surface area (Å²) in [6.07, 6.45) is 1.46. The molecule has 1 aliphatic heterocycles. The van der Waals surface area contributed by atoms with E-state index < -0.39 is 5.41 Å². The second-order valence-electron chi connectivity index (χ2n) is 5.11. The van der Waals surface area contributed by atoms with E-state index in [1.807, 2.05) is 13.8 Å². The number of aliphatic hydroxyl groups is 1. The monoisotopic (exact) mass is 261 g/mol. The molecule has 19 heavy (non-hydrogen) atoms. The third kappa shape index (κ3) is 2.16. The largest absolute Gasteiger partial charge is 0.396 e. The summed E-state index contributed by atoms with van der Waals surface area (Å²) in [5, 5.41) is 9.58. The lowest BCUT2D eigenvalue weighted by Gasteiger charge is -2.32. The van der Waals surface area contributed by atoms with Gasteiger partial charge in [-0.15, -0.1) is 0 Å². The predicted molar refractivity (Wildman–Crippen MR) is 71.9 cm³/mol. The van der Waals surface area contributed by atoms with Crippen LogP contribution in [-0.2, 0) is 0 Å². The van der Waals surface area contributed by atoms with Crippen molar-refractivity contribution in [2.24, 2.45) is 5.41 Å². The van der Waals surface area contributed by atoms with Crippen molar-refractivity contribution >= 4 is 11.8 Å². The highest BCUT2D eigenvalue weighted by molar-refractivity contribution is 6.21. The number of fused-ring (bicyclic) bond motifs is 1. The average molecular weight is 261 g/mol. The Morgan fingerprint density at radius 2 is 1.53 bits per heavy atom. The van der Waals surface area contributed by atoms with Gasteiger partial charge in [0.15, 0.2) is 0 Å². The second kappa shape index (κ2) is 5.13. The van der Waals surface area contributed by atoms with Crippen molar-refractivity contribution in [3.05, 3.63) is 35.4 Å². The first kappa shape index (κ1) is 13.7. The molecule has 0 radical (unpaired) electrons. The lowest BCUT2D eigenvalue weighted by molar-refractivity contribution is 0.0438. The smallest absolute Gasteiger partial charge is 0.261 e. The van der Waals surface area contributed by atoms with Gasteiger partial charge in [-0.1, -0.05) is 26.0 Å². The van der Waals surface area contributed by atoms with Crippen LogP contribution in [0.5, 0.6) is 0 Å². The van der Waals surface area contributed by atoms with E-state index in [4.69, 9.17) is 0 Å². The van der Waals surface area contributed by atoms with Crippen LogP contribution in [0.4, 0.5) is 0 Å². The van der Waals surface area contributed by atoms with Crippen LogP contribution in [0.25, 0.3) is 0 Å². The normalized spacial score (nSPS) is 15.0. The molecule has 1 heterocycles. The molecule has 1 aromatic rings. The predicted octanol–water partition coefficient (Wildman–Crippen LogP) is 2.08. The molecule has 0 atom stereocenters. The fourth-order valence-electron chi connectivity index (χ4n) is 2.47. The molecule has 2 amide bonds. The van der Waals surface area contributed by atoms with E-state index in [0.29, 0.717) is 11.1 Å². The molecule has 0 spiro atoms. The van der Waals surface area contributed by atoms with E-state index in [9.17, 15) is 14.7 Å². The van der Waals surface area contributed by atoms with E-state index in [0.717, 1.165) is 12.8 Å². The number of aliphatic hydroxyl groups excluding tert-OH is 1. The standard InChI is InChI=1S/C15H19NO3/c1-3-15(4-2,10-17)9-16-13(18)11-7-5-6-8-12(11)14(16)19/h5-8,17H,3-4,9-10H2,1-2H3. The van der Waals surface area contributed by atoms with E-state index in [2.05, 4.69) is 0 Å². The molecule has 2 rings (SSSR count). The number of benzene rings is 1. The van der Waals surface area contributed by atoms with E-state index in [-0.39, 0.29) is 25.0 Å². The summed E-state index contributed by atoms with van der Waals surface area (Å²) in [6.45, 7) is 4.20. The molecule has 1 aliphatic rings. The first-order chi connectivity index (χ1) is 9.08. The van der Waals surface area contributed by atoms with E-state index in [1.54, 1.807) is 24.3 Å². The maximum Gasteiger partial charge on any atom is 0.261 e. The minimum atomic E-state index is -0.395. The summed E-state index contributed by atoms with van der Waals surface area (Å²) >= 11 is 0. The van der Waals surface area contributed by atoms with E-state index in [1.165, 1.54) is 4.90 Å². The first-order valence-corrected chi connectivity index (χ1v) is 6.64. The molecule has 4 nitrogen and oxygen atoms in total. The Morgan fingerprint density at radius 1 is 1.05 bits per heavy atom. The number of carbonyl (C=O) groups is 2. The van der Waals surface area contributed by atoms with Crippen LogP contribution in [0.3, 0.4) is 0 Å². The highest BCUT2D eigenvalue weighted by Crippen LogP contribution is 2.31. The Kier molecular flexibility index (Phi) is 3.71. The summed E-state index contributed by atoms with van der Waals surface area (Å²) in [5.41, 5.74) is 0.533. The molecule has 0 aromatic heterocycles. The highest BCUT2D eigenvalue weighted by atomic mass is 16.3. The zero-order chi connectivity index (χ0) is 14.0. The summed E-state index contributed by atoms with van der Waals surface area (Å²) in [7, 11) is 0. The van der Waals surface area contributed by atoms with Crippen LogP contribution in [0.15, 0.2) is 24.3 Å². The average Bonchev–Trinajstić information content (AvgIpc) is 2.70. The molecule has 1 aromatic carbocycles. The van der Waals surface area contributed by atoms with Gasteiger partial charge in [0.1, 0.15) is 0 Å².